The van der Waals surface area contributed by atoms with Gasteiger partial charge in [-0.05, 0) is 53.4 Å². The van der Waals surface area contributed by atoms with Gasteiger partial charge in [0.1, 0.15) is 5.75 Å². The maximum absolute atomic E-state index is 12.6. The van der Waals surface area contributed by atoms with E-state index in [9.17, 15) is 4.79 Å². The summed E-state index contributed by atoms with van der Waals surface area (Å²) in [5, 5.41) is 4.19. The van der Waals surface area contributed by atoms with Crippen molar-refractivity contribution in [2.24, 2.45) is 0 Å². The van der Waals surface area contributed by atoms with Crippen LogP contribution in [0.3, 0.4) is 0 Å². The highest BCUT2D eigenvalue weighted by atomic mass is 32.1. The van der Waals surface area contributed by atoms with E-state index in [1.807, 2.05) is 18.2 Å². The Morgan fingerprint density at radius 3 is 2.46 bits per heavy atom. The lowest BCUT2D eigenvalue weighted by atomic mass is 9.99. The Morgan fingerprint density at radius 2 is 1.73 bits per heavy atom. The molecule has 2 rings (SSSR count). The van der Waals surface area contributed by atoms with Crippen LogP contribution >= 0.6 is 11.3 Å². The van der Waals surface area contributed by atoms with Crippen LogP contribution in [0, 0.1) is 0 Å². The summed E-state index contributed by atoms with van der Waals surface area (Å²) in [4.78, 5) is 12.6. The van der Waals surface area contributed by atoms with E-state index in [1.165, 1.54) is 32.1 Å². The van der Waals surface area contributed by atoms with Crippen molar-refractivity contribution in [1.29, 1.82) is 0 Å². The minimum absolute atomic E-state index is 0.246. The average molecular weight is 373 g/mol. The van der Waals surface area contributed by atoms with Gasteiger partial charge in [-0.3, -0.25) is 4.79 Å². The van der Waals surface area contributed by atoms with E-state index in [2.05, 4.69) is 30.7 Å². The highest BCUT2D eigenvalue weighted by molar-refractivity contribution is 7.08. The molecule has 0 aliphatic carbocycles. The smallest absolute Gasteiger partial charge is 0.162 e. The van der Waals surface area contributed by atoms with Crippen molar-refractivity contribution >= 4 is 17.1 Å². The molecule has 26 heavy (non-hydrogen) atoms. The van der Waals surface area contributed by atoms with E-state index in [0.717, 1.165) is 48.3 Å². The molecule has 0 fully saturated rings. The Bertz CT molecular complexity index is 646. The molecule has 1 heterocycles. The molecule has 0 saturated carbocycles. The second kappa shape index (κ2) is 11.9. The lowest BCUT2D eigenvalue weighted by Gasteiger charge is -2.12. The highest BCUT2D eigenvalue weighted by Gasteiger charge is 2.12. The second-order valence-corrected chi connectivity index (χ2v) is 7.65. The Balaban J connectivity index is 2.04. The molecule has 1 aromatic carbocycles. The molecular weight excluding hydrogens is 340 g/mol. The first kappa shape index (κ1) is 20.7. The number of ketones is 1. The summed E-state index contributed by atoms with van der Waals surface area (Å²) >= 11 is 1.67. The van der Waals surface area contributed by atoms with Gasteiger partial charge in [0, 0.05) is 17.5 Å². The van der Waals surface area contributed by atoms with E-state index in [-0.39, 0.29) is 5.78 Å². The van der Waals surface area contributed by atoms with Gasteiger partial charge < -0.3 is 4.74 Å². The van der Waals surface area contributed by atoms with E-state index in [0.29, 0.717) is 6.42 Å². The summed E-state index contributed by atoms with van der Waals surface area (Å²) in [6, 6.07) is 8.02. The Labute approximate surface area is 162 Å². The molecule has 2 nitrogen and oxygen atoms in total. The van der Waals surface area contributed by atoms with Crippen LogP contribution in [0.1, 0.15) is 82.0 Å². The SMILES string of the molecule is CCCCCCCC(=O)c1ccc(OCCCCC)c(-c2ccsc2)c1. The van der Waals surface area contributed by atoms with Gasteiger partial charge in [-0.25, -0.2) is 0 Å². The molecule has 0 saturated heterocycles. The standard InChI is InChI=1S/C23H32O2S/c1-3-5-7-8-9-11-22(24)19-12-13-23(25-15-10-6-4-2)21(17-19)20-14-16-26-18-20/h12-14,16-18H,3-11,15H2,1-2H3. The first-order chi connectivity index (χ1) is 12.8. The van der Waals surface area contributed by atoms with Gasteiger partial charge in [-0.1, -0.05) is 52.4 Å². The number of thiophene rings is 1. The number of carbonyl (C=O) groups is 1. The molecule has 0 aliphatic rings. The minimum atomic E-state index is 0.246. The van der Waals surface area contributed by atoms with Crippen molar-refractivity contribution in [3.63, 3.8) is 0 Å². The van der Waals surface area contributed by atoms with E-state index in [1.54, 1.807) is 11.3 Å². The zero-order chi connectivity index (χ0) is 18.6. The van der Waals surface area contributed by atoms with Crippen LogP contribution in [-0.4, -0.2) is 12.4 Å². The second-order valence-electron chi connectivity index (χ2n) is 6.87. The maximum atomic E-state index is 12.6. The number of carbonyl (C=O) groups excluding carboxylic acids is 1. The van der Waals surface area contributed by atoms with Gasteiger partial charge >= 0.3 is 0 Å². The van der Waals surface area contributed by atoms with Gasteiger partial charge in [0.05, 0.1) is 6.61 Å². The van der Waals surface area contributed by atoms with Gasteiger partial charge in [0.25, 0.3) is 0 Å². The van der Waals surface area contributed by atoms with Crippen LogP contribution in [-0.2, 0) is 0 Å². The third-order valence-electron chi connectivity index (χ3n) is 4.65. The first-order valence-electron chi connectivity index (χ1n) is 10.1. The van der Waals surface area contributed by atoms with Crippen molar-refractivity contribution in [3.8, 4) is 16.9 Å². The third kappa shape index (κ3) is 6.60. The van der Waals surface area contributed by atoms with Crippen molar-refractivity contribution in [1.82, 2.24) is 0 Å². The molecule has 1 aromatic heterocycles. The van der Waals surface area contributed by atoms with Gasteiger partial charge in [0.15, 0.2) is 5.78 Å². The Hall–Kier alpha value is -1.61. The number of ether oxygens (including phenoxy) is 1. The quantitative estimate of drug-likeness (QED) is 0.268. The maximum Gasteiger partial charge on any atom is 0.162 e. The number of Topliss-reactive ketones (excluding diaryl/α,β-unsaturated/α-hetero) is 1. The van der Waals surface area contributed by atoms with Crippen LogP contribution in [0.2, 0.25) is 0 Å². The number of rotatable bonds is 13. The van der Waals surface area contributed by atoms with Crippen LogP contribution in [0.15, 0.2) is 35.0 Å². The van der Waals surface area contributed by atoms with Crippen molar-refractivity contribution in [2.75, 3.05) is 6.61 Å². The molecular formula is C23H32O2S. The predicted molar refractivity (Wildman–Crippen MR) is 112 cm³/mol. The summed E-state index contributed by atoms with van der Waals surface area (Å²) in [6.07, 6.45) is 9.94. The van der Waals surface area contributed by atoms with Crippen molar-refractivity contribution in [2.45, 2.75) is 71.6 Å². The summed E-state index contributed by atoms with van der Waals surface area (Å²) in [5.74, 6) is 1.13. The predicted octanol–water partition coefficient (Wildman–Crippen LogP) is 7.53. The molecule has 0 unspecified atom stereocenters. The number of benzene rings is 1. The van der Waals surface area contributed by atoms with Gasteiger partial charge in [-0.15, -0.1) is 0 Å². The minimum Gasteiger partial charge on any atom is -0.493 e. The fourth-order valence-electron chi connectivity index (χ4n) is 3.04. The normalized spacial score (nSPS) is 10.8. The van der Waals surface area contributed by atoms with E-state index >= 15 is 0 Å². The zero-order valence-electron chi connectivity index (χ0n) is 16.3. The largest absolute Gasteiger partial charge is 0.493 e. The molecule has 0 bridgehead atoms. The molecule has 0 aliphatic heterocycles. The van der Waals surface area contributed by atoms with Crippen molar-refractivity contribution in [3.05, 3.63) is 40.6 Å². The summed E-state index contributed by atoms with van der Waals surface area (Å²) in [7, 11) is 0. The van der Waals surface area contributed by atoms with Crippen LogP contribution in [0.25, 0.3) is 11.1 Å². The molecule has 0 N–H and O–H groups in total. The van der Waals surface area contributed by atoms with Crippen LogP contribution in [0.4, 0.5) is 0 Å². The van der Waals surface area contributed by atoms with E-state index < -0.39 is 0 Å². The molecule has 0 spiro atoms. The highest BCUT2D eigenvalue weighted by Crippen LogP contribution is 2.33. The van der Waals surface area contributed by atoms with Crippen LogP contribution in [0.5, 0.6) is 5.75 Å². The van der Waals surface area contributed by atoms with Gasteiger partial charge in [-0.2, -0.15) is 11.3 Å². The van der Waals surface area contributed by atoms with Gasteiger partial charge in [0.2, 0.25) is 0 Å². The lowest BCUT2D eigenvalue weighted by molar-refractivity contribution is 0.0979. The molecule has 0 radical (unpaired) electrons. The average Bonchev–Trinajstić information content (AvgIpc) is 3.19. The number of unbranched alkanes of at least 4 members (excludes halogenated alkanes) is 6. The van der Waals surface area contributed by atoms with Crippen LogP contribution < -0.4 is 4.74 Å². The van der Waals surface area contributed by atoms with Crippen molar-refractivity contribution < 1.29 is 9.53 Å². The summed E-state index contributed by atoms with van der Waals surface area (Å²) in [5.41, 5.74) is 2.99. The fraction of sp³-hybridized carbons (Fsp3) is 0.522. The molecule has 0 atom stereocenters. The zero-order valence-corrected chi connectivity index (χ0v) is 17.1. The Kier molecular flexibility index (Phi) is 9.47. The lowest BCUT2D eigenvalue weighted by Crippen LogP contribution is -2.02. The number of hydrogen-bond donors (Lipinski definition) is 0. The molecule has 0 amide bonds. The Morgan fingerprint density at radius 1 is 0.962 bits per heavy atom. The monoisotopic (exact) mass is 372 g/mol. The molecule has 142 valence electrons. The van der Waals surface area contributed by atoms with E-state index in [4.69, 9.17) is 4.74 Å². The third-order valence-corrected chi connectivity index (χ3v) is 5.33. The topological polar surface area (TPSA) is 26.3 Å². The summed E-state index contributed by atoms with van der Waals surface area (Å²) < 4.78 is 6.02. The first-order valence-corrected chi connectivity index (χ1v) is 11.0. The molecule has 2 aromatic rings. The molecule has 3 heteroatoms. The number of hydrogen-bond acceptors (Lipinski definition) is 3. The fourth-order valence-corrected chi connectivity index (χ4v) is 3.70. The summed E-state index contributed by atoms with van der Waals surface area (Å²) in [6.45, 7) is 5.14.